The van der Waals surface area contributed by atoms with Crippen LogP contribution in [0.3, 0.4) is 0 Å². The van der Waals surface area contributed by atoms with Gasteiger partial charge in [-0.2, -0.15) is 4.31 Å². The molecule has 174 valence electrons. The number of aryl methyl sites for hydroxylation is 1. The summed E-state index contributed by atoms with van der Waals surface area (Å²) in [7, 11) is -2.57. The minimum atomic E-state index is -4.05. The van der Waals surface area contributed by atoms with Gasteiger partial charge in [0.1, 0.15) is 22.1 Å². The standard InChI is InChI=1S/C24H30FNO5S/c1-16-12-13-19(25)22(14-16)32(28,29)26(5)20-10-6-9-18-17(20)8-7-11-21(18)30-15-23(27)31-24(2,3)4/h7-8,11-14,20H,6,9-10,15H2,1-5H3. The Balaban J connectivity index is 1.87. The van der Waals surface area contributed by atoms with E-state index in [4.69, 9.17) is 9.47 Å². The quantitative estimate of drug-likeness (QED) is 0.588. The lowest BCUT2D eigenvalue weighted by atomic mass is 9.87. The summed E-state index contributed by atoms with van der Waals surface area (Å²) < 4.78 is 53.1. The maximum atomic E-state index is 14.4. The molecule has 1 aliphatic rings. The molecule has 0 aromatic heterocycles. The summed E-state index contributed by atoms with van der Waals surface area (Å²) in [6.07, 6.45) is 2.04. The van der Waals surface area contributed by atoms with Crippen molar-refractivity contribution < 1.29 is 27.1 Å². The third-order valence-electron chi connectivity index (χ3n) is 5.38. The van der Waals surface area contributed by atoms with E-state index in [1.807, 2.05) is 6.07 Å². The molecule has 0 radical (unpaired) electrons. The highest BCUT2D eigenvalue weighted by molar-refractivity contribution is 7.89. The van der Waals surface area contributed by atoms with Crippen molar-refractivity contribution in [2.24, 2.45) is 0 Å². The van der Waals surface area contributed by atoms with Gasteiger partial charge >= 0.3 is 5.97 Å². The number of carbonyl (C=O) groups excluding carboxylic acids is 1. The molecule has 0 N–H and O–H groups in total. The first-order chi connectivity index (χ1) is 14.9. The Morgan fingerprint density at radius 3 is 2.62 bits per heavy atom. The zero-order valence-electron chi connectivity index (χ0n) is 19.1. The van der Waals surface area contributed by atoms with Gasteiger partial charge in [-0.15, -0.1) is 0 Å². The number of nitrogens with zero attached hydrogens (tertiary/aromatic N) is 1. The third-order valence-corrected chi connectivity index (χ3v) is 7.26. The highest BCUT2D eigenvalue weighted by Crippen LogP contribution is 2.40. The van der Waals surface area contributed by atoms with Gasteiger partial charge in [0, 0.05) is 7.05 Å². The van der Waals surface area contributed by atoms with E-state index < -0.39 is 33.5 Å². The lowest BCUT2D eigenvalue weighted by molar-refractivity contribution is -0.157. The molecule has 0 saturated carbocycles. The van der Waals surface area contributed by atoms with E-state index in [0.717, 1.165) is 17.5 Å². The second-order valence-corrected chi connectivity index (χ2v) is 11.0. The van der Waals surface area contributed by atoms with Crippen LogP contribution in [-0.2, 0) is 26.0 Å². The summed E-state index contributed by atoms with van der Waals surface area (Å²) in [5, 5.41) is 0. The lowest BCUT2D eigenvalue weighted by Gasteiger charge is -2.33. The van der Waals surface area contributed by atoms with Crippen molar-refractivity contribution >= 4 is 16.0 Å². The van der Waals surface area contributed by atoms with E-state index in [-0.39, 0.29) is 11.5 Å². The maximum absolute atomic E-state index is 14.4. The molecule has 3 rings (SSSR count). The normalized spacial score (nSPS) is 16.5. The van der Waals surface area contributed by atoms with Crippen molar-refractivity contribution in [3.63, 3.8) is 0 Å². The Kier molecular flexibility index (Phi) is 6.95. The third kappa shape index (κ3) is 5.30. The molecule has 8 heteroatoms. The zero-order valence-corrected chi connectivity index (χ0v) is 20.0. The molecule has 2 aromatic carbocycles. The van der Waals surface area contributed by atoms with Crippen LogP contribution in [0.25, 0.3) is 0 Å². The molecule has 0 amide bonds. The Bertz CT molecular complexity index is 1110. The lowest BCUT2D eigenvalue weighted by Crippen LogP contribution is -2.34. The zero-order chi connectivity index (χ0) is 23.7. The molecule has 1 atom stereocenters. The van der Waals surface area contributed by atoms with Crippen LogP contribution in [0.5, 0.6) is 5.75 Å². The number of hydrogen-bond acceptors (Lipinski definition) is 5. The average molecular weight is 464 g/mol. The van der Waals surface area contributed by atoms with Crippen LogP contribution in [0, 0.1) is 12.7 Å². The van der Waals surface area contributed by atoms with E-state index in [1.54, 1.807) is 45.9 Å². The first kappa shape index (κ1) is 24.2. The summed E-state index contributed by atoms with van der Waals surface area (Å²) in [6, 6.07) is 9.00. The molecule has 0 spiro atoms. The first-order valence-electron chi connectivity index (χ1n) is 10.6. The second-order valence-electron chi connectivity index (χ2n) is 9.06. The van der Waals surface area contributed by atoms with Gasteiger partial charge in [-0.3, -0.25) is 0 Å². The largest absolute Gasteiger partial charge is 0.482 e. The van der Waals surface area contributed by atoms with E-state index in [0.29, 0.717) is 24.2 Å². The van der Waals surface area contributed by atoms with Crippen molar-refractivity contribution in [1.82, 2.24) is 4.31 Å². The summed E-state index contributed by atoms with van der Waals surface area (Å²) >= 11 is 0. The Morgan fingerprint density at radius 2 is 1.94 bits per heavy atom. The molecule has 32 heavy (non-hydrogen) atoms. The number of fused-ring (bicyclic) bond motifs is 1. The number of esters is 1. The van der Waals surface area contributed by atoms with Crippen LogP contribution in [0.15, 0.2) is 41.3 Å². The molecule has 1 unspecified atom stereocenters. The molecule has 0 bridgehead atoms. The molecular formula is C24H30FNO5S. The Morgan fingerprint density at radius 1 is 1.22 bits per heavy atom. The van der Waals surface area contributed by atoms with Crippen LogP contribution < -0.4 is 4.74 Å². The summed E-state index contributed by atoms with van der Waals surface area (Å²) in [5.41, 5.74) is 1.72. The van der Waals surface area contributed by atoms with Crippen LogP contribution in [0.2, 0.25) is 0 Å². The molecular weight excluding hydrogens is 433 g/mol. The summed E-state index contributed by atoms with van der Waals surface area (Å²) in [6.45, 7) is 6.84. The van der Waals surface area contributed by atoms with Gasteiger partial charge in [0.15, 0.2) is 6.61 Å². The smallest absolute Gasteiger partial charge is 0.344 e. The fourth-order valence-electron chi connectivity index (χ4n) is 3.94. The number of carbonyl (C=O) groups is 1. The van der Waals surface area contributed by atoms with Gasteiger partial charge in [-0.25, -0.2) is 17.6 Å². The number of halogens is 1. The van der Waals surface area contributed by atoms with Gasteiger partial charge in [0.05, 0.1) is 6.04 Å². The van der Waals surface area contributed by atoms with Gasteiger partial charge in [-0.05, 0) is 81.8 Å². The maximum Gasteiger partial charge on any atom is 0.344 e. The average Bonchev–Trinajstić information content (AvgIpc) is 2.71. The van der Waals surface area contributed by atoms with Crippen molar-refractivity contribution in [2.75, 3.05) is 13.7 Å². The molecule has 0 aliphatic heterocycles. The minimum Gasteiger partial charge on any atom is -0.482 e. The molecule has 0 fully saturated rings. The highest BCUT2D eigenvalue weighted by Gasteiger charge is 2.34. The molecule has 6 nitrogen and oxygen atoms in total. The van der Waals surface area contributed by atoms with Crippen LogP contribution >= 0.6 is 0 Å². The van der Waals surface area contributed by atoms with E-state index >= 15 is 0 Å². The van der Waals surface area contributed by atoms with Crippen LogP contribution in [-0.4, -0.2) is 37.9 Å². The van der Waals surface area contributed by atoms with Crippen molar-refractivity contribution in [3.8, 4) is 5.75 Å². The molecule has 2 aromatic rings. The fourth-order valence-corrected chi connectivity index (χ4v) is 5.46. The Labute approximate surface area is 189 Å². The second kappa shape index (κ2) is 9.19. The highest BCUT2D eigenvalue weighted by atomic mass is 32.2. The van der Waals surface area contributed by atoms with Gasteiger partial charge in [-0.1, -0.05) is 18.2 Å². The van der Waals surface area contributed by atoms with Crippen LogP contribution in [0.4, 0.5) is 4.39 Å². The minimum absolute atomic E-state index is 0.235. The van der Waals surface area contributed by atoms with Gasteiger partial charge in [0.25, 0.3) is 0 Å². The summed E-state index contributed by atoms with van der Waals surface area (Å²) in [4.78, 5) is 11.7. The van der Waals surface area contributed by atoms with E-state index in [9.17, 15) is 17.6 Å². The first-order valence-corrected chi connectivity index (χ1v) is 12.0. The molecule has 0 heterocycles. The van der Waals surface area contributed by atoms with E-state index in [2.05, 4.69) is 0 Å². The monoisotopic (exact) mass is 463 g/mol. The van der Waals surface area contributed by atoms with Gasteiger partial charge < -0.3 is 9.47 Å². The fraction of sp³-hybridized carbons (Fsp3) is 0.458. The number of rotatable bonds is 6. The predicted molar refractivity (Wildman–Crippen MR) is 120 cm³/mol. The van der Waals surface area contributed by atoms with Crippen LogP contribution in [0.1, 0.15) is 56.3 Å². The number of ether oxygens (including phenoxy) is 2. The van der Waals surface area contributed by atoms with Crippen molar-refractivity contribution in [3.05, 3.63) is 58.9 Å². The SMILES string of the molecule is Cc1ccc(F)c(S(=O)(=O)N(C)C2CCCc3c(OCC(=O)OC(C)(C)C)cccc32)c1. The molecule has 0 saturated heterocycles. The Hall–Kier alpha value is -2.45. The topological polar surface area (TPSA) is 72.9 Å². The van der Waals surface area contributed by atoms with E-state index in [1.165, 1.54) is 23.5 Å². The predicted octanol–water partition coefficient (Wildman–Crippen LogP) is 4.55. The molecule has 1 aliphatic carbocycles. The number of sulfonamides is 1. The van der Waals surface area contributed by atoms with Gasteiger partial charge in [0.2, 0.25) is 10.0 Å². The summed E-state index contributed by atoms with van der Waals surface area (Å²) in [5.74, 6) is -0.712. The van der Waals surface area contributed by atoms with Crippen molar-refractivity contribution in [2.45, 2.75) is 63.5 Å². The number of benzene rings is 2. The van der Waals surface area contributed by atoms with Crippen molar-refractivity contribution in [1.29, 1.82) is 0 Å². The number of hydrogen-bond donors (Lipinski definition) is 0.